The van der Waals surface area contributed by atoms with Crippen LogP contribution in [0, 0.1) is 0 Å². The summed E-state index contributed by atoms with van der Waals surface area (Å²) in [7, 11) is 3.28. The zero-order valence-corrected chi connectivity index (χ0v) is 11.5. The lowest BCUT2D eigenvalue weighted by Gasteiger charge is -2.13. The lowest BCUT2D eigenvalue weighted by Crippen LogP contribution is -2.21. The average molecular weight is 271 g/mol. The van der Waals surface area contributed by atoms with Gasteiger partial charge in [-0.3, -0.25) is 4.79 Å². The predicted octanol–water partition coefficient (Wildman–Crippen LogP) is 2.67. The second kappa shape index (κ2) is 6.10. The molecule has 0 saturated heterocycles. The average Bonchev–Trinajstić information content (AvgIpc) is 2.45. The number of rotatable bonds is 4. The molecule has 0 heterocycles. The van der Waals surface area contributed by atoms with Crippen molar-refractivity contribution in [2.24, 2.45) is 0 Å². The van der Waals surface area contributed by atoms with Crippen molar-refractivity contribution in [3.8, 4) is 11.5 Å². The number of ether oxygens (including phenoxy) is 1. The zero-order chi connectivity index (χ0) is 14.5. The number of phenolic OH excluding ortho intramolecular Hbond substituents is 1. The number of hydrogen-bond donors (Lipinski definition) is 1. The molecular formula is C16H17NO3. The minimum absolute atomic E-state index is 0.0748. The number of hydrogen-bond acceptors (Lipinski definition) is 3. The molecule has 2 aromatic rings. The van der Waals surface area contributed by atoms with Crippen LogP contribution in [0.5, 0.6) is 11.5 Å². The van der Waals surface area contributed by atoms with Crippen molar-refractivity contribution in [3.63, 3.8) is 0 Å². The van der Waals surface area contributed by atoms with Crippen LogP contribution in [-0.2, 0) is 6.61 Å². The number of phenols is 1. The summed E-state index contributed by atoms with van der Waals surface area (Å²) in [6.45, 7) is 0.418. The minimum atomic E-state index is -0.239. The van der Waals surface area contributed by atoms with Gasteiger partial charge in [0.05, 0.1) is 5.56 Å². The summed E-state index contributed by atoms with van der Waals surface area (Å²) < 4.78 is 5.58. The molecule has 0 aliphatic carbocycles. The van der Waals surface area contributed by atoms with Crippen LogP contribution in [0.25, 0.3) is 0 Å². The van der Waals surface area contributed by atoms with E-state index in [2.05, 4.69) is 0 Å². The van der Waals surface area contributed by atoms with E-state index in [1.165, 1.54) is 11.0 Å². The standard InChI is InChI=1S/C16H17NO3/c1-17(2)16(19)14-9-8-13(10-15(14)18)20-11-12-6-4-3-5-7-12/h3-10,18H,11H2,1-2H3. The van der Waals surface area contributed by atoms with E-state index in [-0.39, 0.29) is 17.2 Å². The summed E-state index contributed by atoms with van der Waals surface area (Å²) in [6.07, 6.45) is 0. The van der Waals surface area contributed by atoms with E-state index in [0.29, 0.717) is 12.4 Å². The first-order valence-corrected chi connectivity index (χ1v) is 6.29. The molecule has 0 atom stereocenters. The lowest BCUT2D eigenvalue weighted by molar-refractivity contribution is 0.0824. The van der Waals surface area contributed by atoms with Crippen LogP contribution in [0.2, 0.25) is 0 Å². The van der Waals surface area contributed by atoms with Gasteiger partial charge < -0.3 is 14.7 Å². The highest BCUT2D eigenvalue weighted by Gasteiger charge is 2.13. The quantitative estimate of drug-likeness (QED) is 0.930. The molecule has 4 heteroatoms. The Labute approximate surface area is 118 Å². The third-order valence-corrected chi connectivity index (χ3v) is 2.85. The van der Waals surface area contributed by atoms with Crippen LogP contribution >= 0.6 is 0 Å². The van der Waals surface area contributed by atoms with Gasteiger partial charge in [0.25, 0.3) is 5.91 Å². The number of nitrogens with zero attached hydrogens (tertiary/aromatic N) is 1. The van der Waals surface area contributed by atoms with Crippen LogP contribution in [-0.4, -0.2) is 30.0 Å². The lowest BCUT2D eigenvalue weighted by atomic mass is 10.1. The van der Waals surface area contributed by atoms with Crippen LogP contribution in [0.1, 0.15) is 15.9 Å². The first-order valence-electron chi connectivity index (χ1n) is 6.29. The van der Waals surface area contributed by atoms with E-state index in [1.807, 2.05) is 30.3 Å². The van der Waals surface area contributed by atoms with E-state index in [9.17, 15) is 9.90 Å². The van der Waals surface area contributed by atoms with E-state index >= 15 is 0 Å². The van der Waals surface area contributed by atoms with E-state index < -0.39 is 0 Å². The largest absolute Gasteiger partial charge is 0.507 e. The van der Waals surface area contributed by atoms with Gasteiger partial charge >= 0.3 is 0 Å². The third kappa shape index (κ3) is 3.29. The fourth-order valence-corrected chi connectivity index (χ4v) is 1.76. The Balaban J connectivity index is 2.08. The van der Waals surface area contributed by atoms with Gasteiger partial charge in [-0.1, -0.05) is 30.3 Å². The topological polar surface area (TPSA) is 49.8 Å². The SMILES string of the molecule is CN(C)C(=O)c1ccc(OCc2ccccc2)cc1O. The van der Waals surface area contributed by atoms with Crippen LogP contribution in [0.15, 0.2) is 48.5 Å². The molecule has 0 unspecified atom stereocenters. The van der Waals surface area contributed by atoms with Gasteiger partial charge in [-0.2, -0.15) is 0 Å². The molecule has 4 nitrogen and oxygen atoms in total. The number of benzene rings is 2. The van der Waals surface area contributed by atoms with Crippen molar-refractivity contribution >= 4 is 5.91 Å². The summed E-state index contributed by atoms with van der Waals surface area (Å²) >= 11 is 0. The molecule has 0 saturated carbocycles. The molecule has 20 heavy (non-hydrogen) atoms. The van der Waals surface area contributed by atoms with Crippen LogP contribution in [0.4, 0.5) is 0 Å². The second-order valence-electron chi connectivity index (χ2n) is 4.65. The van der Waals surface area contributed by atoms with Crippen molar-refractivity contribution in [1.82, 2.24) is 4.90 Å². The molecular weight excluding hydrogens is 254 g/mol. The maximum Gasteiger partial charge on any atom is 0.257 e. The fourth-order valence-electron chi connectivity index (χ4n) is 1.76. The summed E-state index contributed by atoms with van der Waals surface area (Å²) in [6, 6.07) is 14.5. The number of aromatic hydroxyl groups is 1. The second-order valence-corrected chi connectivity index (χ2v) is 4.65. The molecule has 1 amide bonds. The first-order chi connectivity index (χ1) is 9.58. The van der Waals surface area contributed by atoms with Gasteiger partial charge in [0.2, 0.25) is 0 Å². The Morgan fingerprint density at radius 2 is 1.85 bits per heavy atom. The van der Waals surface area contributed by atoms with E-state index in [0.717, 1.165) is 5.56 Å². The summed E-state index contributed by atoms with van der Waals surface area (Å²) in [4.78, 5) is 13.2. The van der Waals surface area contributed by atoms with Crippen molar-refractivity contribution in [2.75, 3.05) is 14.1 Å². The molecule has 0 radical (unpaired) electrons. The molecule has 0 aliphatic rings. The Kier molecular flexibility index (Phi) is 4.25. The molecule has 1 N–H and O–H groups in total. The van der Waals surface area contributed by atoms with Crippen LogP contribution < -0.4 is 4.74 Å². The summed E-state index contributed by atoms with van der Waals surface area (Å²) in [5.41, 5.74) is 1.31. The Bertz CT molecular complexity index is 594. The van der Waals surface area contributed by atoms with Gasteiger partial charge in [0, 0.05) is 20.2 Å². The third-order valence-electron chi connectivity index (χ3n) is 2.85. The molecule has 104 valence electrons. The summed E-state index contributed by atoms with van der Waals surface area (Å²) in [5, 5.41) is 9.88. The highest BCUT2D eigenvalue weighted by molar-refractivity contribution is 5.96. The van der Waals surface area contributed by atoms with E-state index in [4.69, 9.17) is 4.74 Å². The Hall–Kier alpha value is -2.49. The van der Waals surface area contributed by atoms with Gasteiger partial charge in [0.15, 0.2) is 0 Å². The number of carbonyl (C=O) groups excluding carboxylic acids is 1. The molecule has 0 aromatic heterocycles. The fraction of sp³-hybridized carbons (Fsp3) is 0.188. The van der Waals surface area contributed by atoms with Crippen molar-refractivity contribution in [2.45, 2.75) is 6.61 Å². The predicted molar refractivity (Wildman–Crippen MR) is 76.9 cm³/mol. The van der Waals surface area contributed by atoms with Gasteiger partial charge in [0.1, 0.15) is 18.1 Å². The van der Waals surface area contributed by atoms with Crippen molar-refractivity contribution in [1.29, 1.82) is 0 Å². The number of amides is 1. The molecule has 0 spiro atoms. The van der Waals surface area contributed by atoms with Crippen molar-refractivity contribution in [3.05, 3.63) is 59.7 Å². The normalized spacial score (nSPS) is 10.1. The minimum Gasteiger partial charge on any atom is -0.507 e. The smallest absolute Gasteiger partial charge is 0.257 e. The molecule has 0 fully saturated rings. The highest BCUT2D eigenvalue weighted by atomic mass is 16.5. The van der Waals surface area contributed by atoms with Gasteiger partial charge in [-0.05, 0) is 17.7 Å². The van der Waals surface area contributed by atoms with Gasteiger partial charge in [-0.15, -0.1) is 0 Å². The molecule has 2 aromatic carbocycles. The zero-order valence-electron chi connectivity index (χ0n) is 11.5. The maximum absolute atomic E-state index is 11.8. The first kappa shape index (κ1) is 13.9. The molecule has 0 bridgehead atoms. The Morgan fingerprint density at radius 1 is 1.15 bits per heavy atom. The monoisotopic (exact) mass is 271 g/mol. The maximum atomic E-state index is 11.8. The Morgan fingerprint density at radius 3 is 2.45 bits per heavy atom. The van der Waals surface area contributed by atoms with E-state index in [1.54, 1.807) is 26.2 Å². The van der Waals surface area contributed by atoms with Crippen molar-refractivity contribution < 1.29 is 14.6 Å². The van der Waals surface area contributed by atoms with Gasteiger partial charge in [-0.25, -0.2) is 0 Å². The summed E-state index contributed by atoms with van der Waals surface area (Å²) in [5.74, 6) is 0.216. The molecule has 2 rings (SSSR count). The highest BCUT2D eigenvalue weighted by Crippen LogP contribution is 2.25. The molecule has 0 aliphatic heterocycles. The van der Waals surface area contributed by atoms with Crippen LogP contribution in [0.3, 0.4) is 0 Å². The number of carbonyl (C=O) groups is 1.